The summed E-state index contributed by atoms with van der Waals surface area (Å²) in [4.78, 5) is 12.1. The van der Waals surface area contributed by atoms with E-state index in [2.05, 4.69) is 31.4 Å². The summed E-state index contributed by atoms with van der Waals surface area (Å²) in [6, 6.07) is 0. The first-order chi connectivity index (χ1) is 9.47. The Bertz CT molecular complexity index is 313. The molecule has 21 heavy (non-hydrogen) atoms. The van der Waals surface area contributed by atoms with Crippen LogP contribution in [0.5, 0.6) is 0 Å². The third-order valence-corrected chi connectivity index (χ3v) is 5.35. The summed E-state index contributed by atoms with van der Waals surface area (Å²) in [5.74, 6) is 2.12. The van der Waals surface area contributed by atoms with Gasteiger partial charge in [0, 0.05) is 12.5 Å². The molecular weight excluding hydrogens is 284 g/mol. The molecule has 0 aromatic rings. The molecule has 1 aliphatic carbocycles. The molecule has 3 nitrogen and oxygen atoms in total. The van der Waals surface area contributed by atoms with Crippen LogP contribution in [-0.4, -0.2) is 25.5 Å². The van der Waals surface area contributed by atoms with Gasteiger partial charge in [-0.1, -0.05) is 20.8 Å². The second kappa shape index (κ2) is 8.38. The Morgan fingerprint density at radius 2 is 1.62 bits per heavy atom. The molecule has 1 saturated heterocycles. The lowest BCUT2D eigenvalue weighted by molar-refractivity contribution is -0.126. The van der Waals surface area contributed by atoms with Gasteiger partial charge in [-0.3, -0.25) is 4.79 Å². The van der Waals surface area contributed by atoms with E-state index >= 15 is 0 Å². The summed E-state index contributed by atoms with van der Waals surface area (Å²) in [5.41, 5.74) is 0.448. The topological polar surface area (TPSA) is 41.1 Å². The van der Waals surface area contributed by atoms with Gasteiger partial charge in [0.05, 0.1) is 0 Å². The van der Waals surface area contributed by atoms with Gasteiger partial charge in [-0.2, -0.15) is 0 Å². The van der Waals surface area contributed by atoms with E-state index < -0.39 is 0 Å². The lowest BCUT2D eigenvalue weighted by atomic mass is 9.70. The van der Waals surface area contributed by atoms with Crippen LogP contribution < -0.4 is 10.6 Å². The fraction of sp³-hybridized carbons (Fsp3) is 0.941. The van der Waals surface area contributed by atoms with Crippen LogP contribution >= 0.6 is 12.4 Å². The molecule has 124 valence electrons. The largest absolute Gasteiger partial charge is 0.356 e. The predicted octanol–water partition coefficient (Wildman–Crippen LogP) is 3.38. The van der Waals surface area contributed by atoms with Crippen molar-refractivity contribution in [3.8, 4) is 0 Å². The summed E-state index contributed by atoms with van der Waals surface area (Å²) in [6.07, 6.45) is 7.24. The molecule has 4 heteroatoms. The molecule has 0 spiro atoms. The quantitative estimate of drug-likeness (QED) is 0.838. The first-order valence-electron chi connectivity index (χ1n) is 8.45. The molecule has 0 radical (unpaired) electrons. The Labute approximate surface area is 136 Å². The van der Waals surface area contributed by atoms with Gasteiger partial charge in [0.15, 0.2) is 0 Å². The van der Waals surface area contributed by atoms with E-state index in [4.69, 9.17) is 0 Å². The SMILES string of the molecule is CC(C)(C)C1CCC(CNC(=O)C2CCNCC2)CC1.Cl. The molecule has 0 bridgehead atoms. The van der Waals surface area contributed by atoms with Crippen molar-refractivity contribution in [3.63, 3.8) is 0 Å². The predicted molar refractivity (Wildman–Crippen MR) is 90.8 cm³/mol. The zero-order chi connectivity index (χ0) is 14.6. The molecule has 2 fully saturated rings. The Morgan fingerprint density at radius 3 is 2.14 bits per heavy atom. The van der Waals surface area contributed by atoms with Gasteiger partial charge in [-0.15, -0.1) is 12.4 Å². The molecule has 0 aromatic heterocycles. The molecule has 0 atom stereocenters. The fourth-order valence-electron chi connectivity index (χ4n) is 3.71. The highest BCUT2D eigenvalue weighted by Crippen LogP contribution is 2.39. The van der Waals surface area contributed by atoms with Crippen LogP contribution in [0.2, 0.25) is 0 Å². The van der Waals surface area contributed by atoms with E-state index in [1.165, 1.54) is 25.7 Å². The molecule has 0 unspecified atom stereocenters. The molecular formula is C17H33ClN2O. The van der Waals surface area contributed by atoms with Crippen molar-refractivity contribution in [3.05, 3.63) is 0 Å². The average Bonchev–Trinajstić information content (AvgIpc) is 2.45. The van der Waals surface area contributed by atoms with Crippen molar-refractivity contribution in [2.75, 3.05) is 19.6 Å². The zero-order valence-corrected chi connectivity index (χ0v) is 14.7. The van der Waals surface area contributed by atoms with Crippen LogP contribution in [0.1, 0.15) is 59.3 Å². The number of amides is 1. The van der Waals surface area contributed by atoms with Crippen molar-refractivity contribution in [1.29, 1.82) is 0 Å². The van der Waals surface area contributed by atoms with Crippen LogP contribution in [0, 0.1) is 23.2 Å². The first-order valence-corrected chi connectivity index (χ1v) is 8.45. The van der Waals surface area contributed by atoms with Crippen molar-refractivity contribution < 1.29 is 4.79 Å². The molecule has 1 aliphatic heterocycles. The Hall–Kier alpha value is -0.280. The number of piperidine rings is 1. The number of carbonyl (C=O) groups excluding carboxylic acids is 1. The van der Waals surface area contributed by atoms with Gasteiger partial charge < -0.3 is 10.6 Å². The second-order valence-corrected chi connectivity index (χ2v) is 7.85. The van der Waals surface area contributed by atoms with Crippen LogP contribution in [0.25, 0.3) is 0 Å². The van der Waals surface area contributed by atoms with Crippen molar-refractivity contribution in [2.45, 2.75) is 59.3 Å². The van der Waals surface area contributed by atoms with Gasteiger partial charge in [-0.05, 0) is 68.9 Å². The fourth-order valence-corrected chi connectivity index (χ4v) is 3.71. The van der Waals surface area contributed by atoms with Crippen LogP contribution in [0.3, 0.4) is 0 Å². The summed E-state index contributed by atoms with van der Waals surface area (Å²) >= 11 is 0. The Morgan fingerprint density at radius 1 is 1.05 bits per heavy atom. The highest BCUT2D eigenvalue weighted by Gasteiger charge is 2.30. The highest BCUT2D eigenvalue weighted by atomic mass is 35.5. The third kappa shape index (κ3) is 5.78. The van der Waals surface area contributed by atoms with Crippen molar-refractivity contribution in [2.24, 2.45) is 23.2 Å². The van der Waals surface area contributed by atoms with E-state index in [1.807, 2.05) is 0 Å². The summed E-state index contributed by atoms with van der Waals surface area (Å²) in [5, 5.41) is 6.52. The van der Waals surface area contributed by atoms with E-state index in [0.717, 1.165) is 38.4 Å². The van der Waals surface area contributed by atoms with E-state index in [-0.39, 0.29) is 18.3 Å². The number of hydrogen-bond acceptors (Lipinski definition) is 2. The number of nitrogens with one attached hydrogen (secondary N) is 2. The maximum Gasteiger partial charge on any atom is 0.223 e. The molecule has 1 saturated carbocycles. The van der Waals surface area contributed by atoms with Gasteiger partial charge in [0.25, 0.3) is 0 Å². The molecule has 2 aliphatic rings. The van der Waals surface area contributed by atoms with Crippen LogP contribution in [0.15, 0.2) is 0 Å². The smallest absolute Gasteiger partial charge is 0.223 e. The lowest BCUT2D eigenvalue weighted by Gasteiger charge is -2.37. The zero-order valence-electron chi connectivity index (χ0n) is 13.9. The normalized spacial score (nSPS) is 27.8. The molecule has 0 aromatic carbocycles. The van der Waals surface area contributed by atoms with Gasteiger partial charge in [0.2, 0.25) is 5.91 Å². The number of rotatable bonds is 3. The van der Waals surface area contributed by atoms with Gasteiger partial charge in [-0.25, -0.2) is 0 Å². The monoisotopic (exact) mass is 316 g/mol. The summed E-state index contributed by atoms with van der Waals surface area (Å²) in [6.45, 7) is 9.97. The van der Waals surface area contributed by atoms with E-state index in [1.54, 1.807) is 0 Å². The van der Waals surface area contributed by atoms with Crippen LogP contribution in [0.4, 0.5) is 0 Å². The maximum atomic E-state index is 12.1. The average molecular weight is 317 g/mol. The van der Waals surface area contributed by atoms with E-state index in [0.29, 0.717) is 17.2 Å². The van der Waals surface area contributed by atoms with E-state index in [9.17, 15) is 4.79 Å². The van der Waals surface area contributed by atoms with Gasteiger partial charge in [0.1, 0.15) is 0 Å². The highest BCUT2D eigenvalue weighted by molar-refractivity contribution is 5.85. The Balaban J connectivity index is 0.00000220. The number of hydrogen-bond donors (Lipinski definition) is 2. The standard InChI is InChI=1S/C17H32N2O.ClH/c1-17(2,3)15-6-4-13(5-7-15)12-19-16(20)14-8-10-18-11-9-14;/h13-15,18H,4-12H2,1-3H3,(H,19,20);1H. The summed E-state index contributed by atoms with van der Waals surface area (Å²) < 4.78 is 0. The molecule has 1 heterocycles. The first kappa shape index (κ1) is 18.8. The molecule has 2 N–H and O–H groups in total. The minimum absolute atomic E-state index is 0. The van der Waals surface area contributed by atoms with Crippen LogP contribution in [-0.2, 0) is 4.79 Å². The lowest BCUT2D eigenvalue weighted by Crippen LogP contribution is -2.40. The number of halogens is 1. The van der Waals surface area contributed by atoms with Gasteiger partial charge >= 0.3 is 0 Å². The minimum Gasteiger partial charge on any atom is -0.356 e. The minimum atomic E-state index is 0. The van der Waals surface area contributed by atoms with Crippen molar-refractivity contribution >= 4 is 18.3 Å². The number of carbonyl (C=O) groups is 1. The maximum absolute atomic E-state index is 12.1. The third-order valence-electron chi connectivity index (χ3n) is 5.35. The molecule has 2 rings (SSSR count). The summed E-state index contributed by atoms with van der Waals surface area (Å²) in [7, 11) is 0. The second-order valence-electron chi connectivity index (χ2n) is 7.85. The van der Waals surface area contributed by atoms with Crippen molar-refractivity contribution in [1.82, 2.24) is 10.6 Å². The Kier molecular flexibility index (Phi) is 7.49. The molecule has 1 amide bonds.